The average Bonchev–Trinajstić information content (AvgIpc) is 2.45. The van der Waals surface area contributed by atoms with Gasteiger partial charge in [0.25, 0.3) is 5.91 Å². The van der Waals surface area contributed by atoms with Crippen LogP contribution < -0.4 is 10.1 Å². The van der Waals surface area contributed by atoms with E-state index in [2.05, 4.69) is 11.9 Å². The van der Waals surface area contributed by atoms with Crippen molar-refractivity contribution in [3.63, 3.8) is 0 Å². The summed E-state index contributed by atoms with van der Waals surface area (Å²) in [4.78, 5) is 12.3. The maximum atomic E-state index is 12.3. The molecule has 0 bridgehead atoms. The lowest BCUT2D eigenvalue weighted by Gasteiger charge is -2.12. The number of ether oxygens (including phenoxy) is 1. The number of nitrogens with one attached hydrogen (secondary N) is 1. The SMILES string of the molecule is C=CCNC(=O)c1c(OCC)ccc2ccccc12. The summed E-state index contributed by atoms with van der Waals surface area (Å²) in [6.45, 7) is 6.47. The Morgan fingerprint density at radius 2 is 2.11 bits per heavy atom. The zero-order valence-corrected chi connectivity index (χ0v) is 11.0. The van der Waals surface area contributed by atoms with E-state index >= 15 is 0 Å². The van der Waals surface area contributed by atoms with Crippen LogP contribution in [0.4, 0.5) is 0 Å². The molecule has 1 amide bonds. The molecule has 0 saturated heterocycles. The first kappa shape index (κ1) is 13.1. The number of amides is 1. The van der Waals surface area contributed by atoms with Gasteiger partial charge in [0, 0.05) is 6.54 Å². The molecular weight excluding hydrogens is 238 g/mol. The maximum Gasteiger partial charge on any atom is 0.255 e. The molecule has 0 aromatic heterocycles. The van der Waals surface area contributed by atoms with Crippen LogP contribution in [0.25, 0.3) is 10.8 Å². The number of fused-ring (bicyclic) bond motifs is 1. The zero-order valence-electron chi connectivity index (χ0n) is 11.0. The lowest BCUT2D eigenvalue weighted by Crippen LogP contribution is -2.24. The highest BCUT2D eigenvalue weighted by Crippen LogP contribution is 2.28. The standard InChI is InChI=1S/C16H17NO2/c1-3-11-17-16(18)15-13-8-6-5-7-12(13)9-10-14(15)19-4-2/h3,5-10H,1,4,11H2,2H3,(H,17,18). The first-order chi connectivity index (χ1) is 9.27. The predicted octanol–water partition coefficient (Wildman–Crippen LogP) is 3.15. The van der Waals surface area contributed by atoms with Crippen molar-refractivity contribution in [1.29, 1.82) is 0 Å². The molecule has 98 valence electrons. The van der Waals surface area contributed by atoms with E-state index in [1.807, 2.05) is 43.3 Å². The Bertz CT molecular complexity index is 605. The number of hydrogen-bond acceptors (Lipinski definition) is 2. The smallest absolute Gasteiger partial charge is 0.255 e. The van der Waals surface area contributed by atoms with E-state index in [4.69, 9.17) is 4.74 Å². The van der Waals surface area contributed by atoms with Gasteiger partial charge in [-0.1, -0.05) is 36.4 Å². The first-order valence-electron chi connectivity index (χ1n) is 6.31. The van der Waals surface area contributed by atoms with Gasteiger partial charge in [0.05, 0.1) is 12.2 Å². The molecule has 2 aromatic carbocycles. The van der Waals surface area contributed by atoms with Crippen molar-refractivity contribution >= 4 is 16.7 Å². The monoisotopic (exact) mass is 255 g/mol. The molecule has 1 N–H and O–H groups in total. The van der Waals surface area contributed by atoms with Gasteiger partial charge in [0.1, 0.15) is 5.75 Å². The predicted molar refractivity (Wildman–Crippen MR) is 77.6 cm³/mol. The highest BCUT2D eigenvalue weighted by molar-refractivity contribution is 6.09. The molecular formula is C16H17NO2. The molecule has 0 unspecified atom stereocenters. The van der Waals surface area contributed by atoms with Crippen LogP contribution in [0.3, 0.4) is 0 Å². The Kier molecular flexibility index (Phi) is 4.18. The van der Waals surface area contributed by atoms with Gasteiger partial charge in [-0.25, -0.2) is 0 Å². The van der Waals surface area contributed by atoms with Crippen molar-refractivity contribution in [3.05, 3.63) is 54.6 Å². The molecule has 3 heteroatoms. The minimum Gasteiger partial charge on any atom is -0.493 e. The second kappa shape index (κ2) is 6.05. The van der Waals surface area contributed by atoms with Crippen molar-refractivity contribution in [1.82, 2.24) is 5.32 Å². The van der Waals surface area contributed by atoms with Gasteiger partial charge >= 0.3 is 0 Å². The molecule has 3 nitrogen and oxygen atoms in total. The average molecular weight is 255 g/mol. The van der Waals surface area contributed by atoms with Gasteiger partial charge in [-0.2, -0.15) is 0 Å². The van der Waals surface area contributed by atoms with Crippen LogP contribution in [0.5, 0.6) is 5.75 Å². The summed E-state index contributed by atoms with van der Waals surface area (Å²) >= 11 is 0. The van der Waals surface area contributed by atoms with Crippen molar-refractivity contribution in [2.45, 2.75) is 6.92 Å². The lowest BCUT2D eigenvalue weighted by atomic mass is 10.0. The highest BCUT2D eigenvalue weighted by Gasteiger charge is 2.15. The second-order valence-corrected chi connectivity index (χ2v) is 4.09. The van der Waals surface area contributed by atoms with Crippen molar-refractivity contribution in [2.24, 2.45) is 0 Å². The Balaban J connectivity index is 2.54. The van der Waals surface area contributed by atoms with E-state index in [-0.39, 0.29) is 5.91 Å². The van der Waals surface area contributed by atoms with Crippen molar-refractivity contribution < 1.29 is 9.53 Å². The Morgan fingerprint density at radius 3 is 2.84 bits per heavy atom. The minimum atomic E-state index is -0.139. The number of benzene rings is 2. The van der Waals surface area contributed by atoms with Crippen LogP contribution in [-0.4, -0.2) is 19.1 Å². The van der Waals surface area contributed by atoms with Crippen molar-refractivity contribution in [3.8, 4) is 5.75 Å². The molecule has 0 atom stereocenters. The third-order valence-electron chi connectivity index (χ3n) is 2.82. The summed E-state index contributed by atoms with van der Waals surface area (Å²) in [5.41, 5.74) is 0.585. The van der Waals surface area contributed by atoms with Crippen LogP contribution in [0.2, 0.25) is 0 Å². The maximum absolute atomic E-state index is 12.3. The van der Waals surface area contributed by atoms with Crippen LogP contribution in [0, 0.1) is 0 Å². The Labute approximate surface area is 112 Å². The van der Waals surface area contributed by atoms with E-state index in [0.717, 1.165) is 10.8 Å². The van der Waals surface area contributed by atoms with Gasteiger partial charge < -0.3 is 10.1 Å². The van der Waals surface area contributed by atoms with Gasteiger partial charge in [-0.05, 0) is 23.8 Å². The molecule has 2 aromatic rings. The molecule has 0 saturated carbocycles. The van der Waals surface area contributed by atoms with E-state index in [0.29, 0.717) is 24.5 Å². The van der Waals surface area contributed by atoms with E-state index < -0.39 is 0 Å². The van der Waals surface area contributed by atoms with Gasteiger partial charge in [0.15, 0.2) is 0 Å². The van der Waals surface area contributed by atoms with Crippen molar-refractivity contribution in [2.75, 3.05) is 13.2 Å². The summed E-state index contributed by atoms with van der Waals surface area (Å²) in [5.74, 6) is 0.475. The lowest BCUT2D eigenvalue weighted by molar-refractivity contribution is 0.0956. The summed E-state index contributed by atoms with van der Waals surface area (Å²) < 4.78 is 5.56. The summed E-state index contributed by atoms with van der Waals surface area (Å²) in [5, 5.41) is 4.72. The molecule has 0 aliphatic rings. The number of carbonyl (C=O) groups excluding carboxylic acids is 1. The molecule has 0 heterocycles. The minimum absolute atomic E-state index is 0.139. The molecule has 19 heavy (non-hydrogen) atoms. The molecule has 0 aliphatic heterocycles. The van der Waals surface area contributed by atoms with Gasteiger partial charge in [-0.3, -0.25) is 4.79 Å². The fourth-order valence-electron chi connectivity index (χ4n) is 2.01. The number of carbonyl (C=O) groups is 1. The van der Waals surface area contributed by atoms with Gasteiger partial charge in [-0.15, -0.1) is 6.58 Å². The van der Waals surface area contributed by atoms with Crippen LogP contribution >= 0.6 is 0 Å². The first-order valence-corrected chi connectivity index (χ1v) is 6.31. The summed E-state index contributed by atoms with van der Waals surface area (Å²) in [6.07, 6.45) is 1.66. The summed E-state index contributed by atoms with van der Waals surface area (Å²) in [7, 11) is 0. The van der Waals surface area contributed by atoms with E-state index in [1.165, 1.54) is 0 Å². The quantitative estimate of drug-likeness (QED) is 0.833. The molecule has 0 spiro atoms. The van der Waals surface area contributed by atoms with E-state index in [1.54, 1.807) is 6.08 Å². The summed E-state index contributed by atoms with van der Waals surface area (Å²) in [6, 6.07) is 11.6. The molecule has 2 rings (SSSR count). The largest absolute Gasteiger partial charge is 0.493 e. The van der Waals surface area contributed by atoms with Crippen LogP contribution in [0.1, 0.15) is 17.3 Å². The van der Waals surface area contributed by atoms with Gasteiger partial charge in [0.2, 0.25) is 0 Å². The third-order valence-corrected chi connectivity index (χ3v) is 2.82. The number of hydrogen-bond donors (Lipinski definition) is 1. The highest BCUT2D eigenvalue weighted by atomic mass is 16.5. The Hall–Kier alpha value is -2.29. The molecule has 0 radical (unpaired) electrons. The second-order valence-electron chi connectivity index (χ2n) is 4.09. The van der Waals surface area contributed by atoms with Crippen LogP contribution in [-0.2, 0) is 0 Å². The zero-order chi connectivity index (χ0) is 13.7. The fourth-order valence-corrected chi connectivity index (χ4v) is 2.01. The van der Waals surface area contributed by atoms with Crippen LogP contribution in [0.15, 0.2) is 49.1 Å². The topological polar surface area (TPSA) is 38.3 Å². The normalized spacial score (nSPS) is 10.2. The third kappa shape index (κ3) is 2.76. The van der Waals surface area contributed by atoms with E-state index in [9.17, 15) is 4.79 Å². The Morgan fingerprint density at radius 1 is 1.32 bits per heavy atom. The number of rotatable bonds is 5. The molecule has 0 aliphatic carbocycles. The fraction of sp³-hybridized carbons (Fsp3) is 0.188. The molecule has 0 fully saturated rings.